The number of carbonyl (C=O) groups is 7. The van der Waals surface area contributed by atoms with Gasteiger partial charge in [0.05, 0.1) is 12.6 Å². The third-order valence-electron chi connectivity index (χ3n) is 10.3. The summed E-state index contributed by atoms with van der Waals surface area (Å²) >= 11 is 0. The molecule has 0 bridgehead atoms. The molecule has 1 fully saturated rings. The molecule has 0 spiro atoms. The zero-order valence-corrected chi connectivity index (χ0v) is 35.0. The minimum atomic E-state index is -1.23. The Hall–Kier alpha value is -7.22. The molecule has 0 radical (unpaired) electrons. The molecule has 15 N–H and O–H groups in total. The fraction of sp³-hybridized carbons (Fsp3) is 0.395. The van der Waals surface area contributed by atoms with Crippen LogP contribution in [0.2, 0.25) is 0 Å². The molecule has 4 rings (SSSR count). The van der Waals surface area contributed by atoms with E-state index in [-0.39, 0.29) is 62.7 Å². The van der Waals surface area contributed by atoms with Crippen LogP contribution in [0.4, 0.5) is 0 Å². The molecule has 63 heavy (non-hydrogen) atoms. The van der Waals surface area contributed by atoms with E-state index in [0.29, 0.717) is 29.5 Å². The van der Waals surface area contributed by atoms with Crippen molar-refractivity contribution < 1.29 is 43.8 Å². The Bertz CT molecular complexity index is 2080. The van der Waals surface area contributed by atoms with Gasteiger partial charge in [0.2, 0.25) is 41.4 Å². The predicted molar refractivity (Wildman–Crippen MR) is 232 cm³/mol. The fourth-order valence-electron chi connectivity index (χ4n) is 6.88. The molecule has 1 aliphatic rings. The van der Waals surface area contributed by atoms with Gasteiger partial charge in [-0.1, -0.05) is 54.6 Å². The Morgan fingerprint density at radius 2 is 1.30 bits per heavy atom. The van der Waals surface area contributed by atoms with Gasteiger partial charge in [-0.3, -0.25) is 38.6 Å². The highest BCUT2D eigenvalue weighted by molar-refractivity contribution is 5.96. The van der Waals surface area contributed by atoms with Crippen LogP contribution in [-0.2, 0) is 52.8 Å². The third-order valence-corrected chi connectivity index (χ3v) is 10.3. The Morgan fingerprint density at radius 3 is 1.90 bits per heavy atom. The third kappa shape index (κ3) is 15.6. The first-order chi connectivity index (χ1) is 30.0. The maximum atomic E-state index is 14.2. The smallest absolute Gasteiger partial charge is 0.246 e. The second-order valence-electron chi connectivity index (χ2n) is 15.3. The molecule has 20 nitrogen and oxygen atoms in total. The fourth-order valence-corrected chi connectivity index (χ4v) is 6.88. The van der Waals surface area contributed by atoms with Crippen molar-refractivity contribution in [2.75, 3.05) is 19.6 Å². The molecule has 1 heterocycles. The van der Waals surface area contributed by atoms with Gasteiger partial charge in [-0.25, -0.2) is 0 Å². The van der Waals surface area contributed by atoms with Crippen LogP contribution in [0.15, 0.2) is 83.9 Å². The number of phenols is 2. The molecule has 1 saturated heterocycles. The molecule has 3 aromatic carbocycles. The topological polar surface area (TPSA) is 340 Å². The van der Waals surface area contributed by atoms with Crippen LogP contribution in [0.5, 0.6) is 11.5 Å². The number of benzene rings is 3. The summed E-state index contributed by atoms with van der Waals surface area (Å²) in [5, 5.41) is 32.4. The number of hydrogen-bond donors (Lipinski definition) is 11. The molecule has 3 aromatic rings. The molecule has 338 valence electrons. The second kappa shape index (κ2) is 23.7. The predicted octanol–water partition coefficient (Wildman–Crippen LogP) is -1.94. The van der Waals surface area contributed by atoms with Gasteiger partial charge in [0, 0.05) is 25.9 Å². The highest BCUT2D eigenvalue weighted by atomic mass is 16.3. The number of rotatable bonds is 22. The zero-order chi connectivity index (χ0) is 46.1. The molecule has 7 amide bonds. The van der Waals surface area contributed by atoms with E-state index in [0.717, 1.165) is 0 Å². The van der Waals surface area contributed by atoms with Crippen molar-refractivity contribution in [1.82, 2.24) is 31.5 Å². The number of phenolic OH excluding ortho intramolecular Hbond substituents is 2. The van der Waals surface area contributed by atoms with Crippen LogP contribution in [0.25, 0.3) is 0 Å². The standard InChI is InChI=1S/C43H57N11O9/c1-25(50-39(60)31(44)21-27-11-15-29(55)16-12-27)38(59)53-33(22-26-7-3-2-4-8-26)40(61)49-24-36(57)51-34(23-28-13-17-30(56)18-14-28)42(63)54-20-6-10-35(54)41(62)52-32(37(45)58)9-5-19-48-43(46)47/h2-4,7-8,11-18,25,31-35,55-56H,5-6,9-10,19-24,44H2,1H3,(H2,45,58)(H,49,61)(H,50,60)(H,51,57)(H,52,62)(H,53,59)(H4,46,47,48)/t25-,31+,32+,33+,34+,35+/m1/s1. The number of nitrogens with one attached hydrogen (secondary N) is 5. The first-order valence-corrected chi connectivity index (χ1v) is 20.5. The van der Waals surface area contributed by atoms with Crippen LogP contribution < -0.4 is 49.5 Å². The molecular formula is C43H57N11O9. The number of likely N-dealkylation sites (tertiary alicyclic amines) is 1. The lowest BCUT2D eigenvalue weighted by atomic mass is 10.0. The molecular weight excluding hydrogens is 815 g/mol. The van der Waals surface area contributed by atoms with Crippen molar-refractivity contribution in [2.45, 2.75) is 88.1 Å². The van der Waals surface area contributed by atoms with Crippen molar-refractivity contribution in [3.8, 4) is 11.5 Å². The number of carbonyl (C=O) groups excluding carboxylic acids is 7. The van der Waals surface area contributed by atoms with Crippen molar-refractivity contribution in [2.24, 2.45) is 27.9 Å². The molecule has 0 aliphatic carbocycles. The van der Waals surface area contributed by atoms with Crippen LogP contribution in [0.1, 0.15) is 49.3 Å². The molecule has 20 heteroatoms. The molecule has 1 aliphatic heterocycles. The summed E-state index contributed by atoms with van der Waals surface area (Å²) in [6.07, 6.45) is 1.32. The highest BCUT2D eigenvalue weighted by Gasteiger charge is 2.39. The Morgan fingerprint density at radius 1 is 0.714 bits per heavy atom. The number of nitrogens with two attached hydrogens (primary N) is 4. The van der Waals surface area contributed by atoms with Gasteiger partial charge in [-0.05, 0) is 80.0 Å². The van der Waals surface area contributed by atoms with E-state index in [4.69, 9.17) is 22.9 Å². The van der Waals surface area contributed by atoms with Gasteiger partial charge in [-0.2, -0.15) is 0 Å². The van der Waals surface area contributed by atoms with E-state index in [1.807, 2.05) is 0 Å². The summed E-state index contributed by atoms with van der Waals surface area (Å²) in [4.78, 5) is 98.5. The lowest BCUT2D eigenvalue weighted by molar-refractivity contribution is -0.142. The van der Waals surface area contributed by atoms with Gasteiger partial charge >= 0.3 is 0 Å². The minimum absolute atomic E-state index is 0.0185. The number of nitrogens with zero attached hydrogens (tertiary/aromatic N) is 2. The van der Waals surface area contributed by atoms with Crippen molar-refractivity contribution in [3.05, 3.63) is 95.6 Å². The van der Waals surface area contributed by atoms with Crippen LogP contribution in [0.3, 0.4) is 0 Å². The van der Waals surface area contributed by atoms with E-state index in [1.165, 1.54) is 36.1 Å². The van der Waals surface area contributed by atoms with E-state index in [9.17, 15) is 43.8 Å². The van der Waals surface area contributed by atoms with Gasteiger partial charge in [0.15, 0.2) is 5.96 Å². The Labute approximate surface area is 364 Å². The maximum Gasteiger partial charge on any atom is 0.246 e. The Balaban J connectivity index is 1.42. The lowest BCUT2D eigenvalue weighted by Crippen LogP contribution is -2.58. The monoisotopic (exact) mass is 871 g/mol. The number of aliphatic imine (C=N–C) groups is 1. The average molecular weight is 872 g/mol. The number of amides is 7. The average Bonchev–Trinajstić information content (AvgIpc) is 3.75. The normalized spacial score (nSPS) is 15.7. The van der Waals surface area contributed by atoms with Gasteiger partial charge < -0.3 is 64.6 Å². The van der Waals surface area contributed by atoms with Gasteiger partial charge in [0.25, 0.3) is 0 Å². The largest absolute Gasteiger partial charge is 0.508 e. The van der Waals surface area contributed by atoms with E-state index >= 15 is 0 Å². The summed E-state index contributed by atoms with van der Waals surface area (Å²) < 4.78 is 0. The minimum Gasteiger partial charge on any atom is -0.508 e. The summed E-state index contributed by atoms with van der Waals surface area (Å²) in [6, 6.07) is 14.3. The first-order valence-electron chi connectivity index (χ1n) is 20.5. The molecule has 0 aromatic heterocycles. The van der Waals surface area contributed by atoms with E-state index < -0.39 is 84.1 Å². The Kier molecular flexibility index (Phi) is 18.2. The van der Waals surface area contributed by atoms with Crippen molar-refractivity contribution in [3.63, 3.8) is 0 Å². The number of hydrogen-bond acceptors (Lipinski definition) is 11. The maximum absolute atomic E-state index is 14.2. The van der Waals surface area contributed by atoms with Crippen LogP contribution in [0, 0.1) is 0 Å². The second-order valence-corrected chi connectivity index (χ2v) is 15.3. The lowest BCUT2D eigenvalue weighted by Gasteiger charge is -2.30. The van der Waals surface area contributed by atoms with Gasteiger partial charge in [0.1, 0.15) is 41.7 Å². The summed E-state index contributed by atoms with van der Waals surface area (Å²) in [5.74, 6) is -4.87. The number of aromatic hydroxyl groups is 2. The van der Waals surface area contributed by atoms with E-state index in [1.54, 1.807) is 54.6 Å². The van der Waals surface area contributed by atoms with Crippen LogP contribution >= 0.6 is 0 Å². The molecule has 0 unspecified atom stereocenters. The zero-order valence-electron chi connectivity index (χ0n) is 35.0. The summed E-state index contributed by atoms with van der Waals surface area (Å²) in [6.45, 7) is 1.20. The van der Waals surface area contributed by atoms with Crippen LogP contribution in [-0.4, -0.2) is 118 Å². The molecule has 6 atom stereocenters. The van der Waals surface area contributed by atoms with Crippen molar-refractivity contribution >= 4 is 47.3 Å². The summed E-state index contributed by atoms with van der Waals surface area (Å²) in [5.41, 5.74) is 24.3. The van der Waals surface area contributed by atoms with Gasteiger partial charge in [-0.15, -0.1) is 0 Å². The summed E-state index contributed by atoms with van der Waals surface area (Å²) in [7, 11) is 0. The van der Waals surface area contributed by atoms with E-state index in [2.05, 4.69) is 31.6 Å². The SMILES string of the molecule is C[C@@H](NC(=O)[C@@H](N)Cc1ccc(O)cc1)C(=O)N[C@@H](Cc1ccccc1)C(=O)NCC(=O)N[C@@H](Cc1ccc(O)cc1)C(=O)N1CCC[C@H]1C(=O)N[C@@H](CCCN=C(N)N)C(N)=O. The van der Waals surface area contributed by atoms with Crippen molar-refractivity contribution in [1.29, 1.82) is 0 Å². The quantitative estimate of drug-likeness (QED) is 0.0299. The first kappa shape index (κ1) is 48.4. The molecule has 0 saturated carbocycles. The number of guanidine groups is 1. The highest BCUT2D eigenvalue weighted by Crippen LogP contribution is 2.21. The number of primary amides is 1.